The molecule has 2 heterocycles. The highest BCUT2D eigenvalue weighted by Gasteiger charge is 2.21. The molecule has 1 aromatic carbocycles. The van der Waals surface area contributed by atoms with E-state index < -0.39 is 4.92 Å². The zero-order valence-corrected chi connectivity index (χ0v) is 14.9. The van der Waals surface area contributed by atoms with Crippen molar-refractivity contribution in [2.24, 2.45) is 0 Å². The van der Waals surface area contributed by atoms with E-state index in [2.05, 4.69) is 16.4 Å². The van der Waals surface area contributed by atoms with Crippen LogP contribution in [0.3, 0.4) is 0 Å². The zero-order chi connectivity index (χ0) is 18.7. The van der Waals surface area contributed by atoms with Crippen LogP contribution in [0, 0.1) is 24.0 Å². The molecule has 1 aliphatic heterocycles. The van der Waals surface area contributed by atoms with Gasteiger partial charge in [0, 0.05) is 35.1 Å². The minimum Gasteiger partial charge on any atom is -0.348 e. The number of carbonyl (C=O) groups is 1. The number of nitro benzene ring substituents is 1. The van der Waals surface area contributed by atoms with E-state index in [-0.39, 0.29) is 11.6 Å². The molecule has 0 saturated carbocycles. The fourth-order valence-electron chi connectivity index (χ4n) is 3.40. The molecule has 0 unspecified atom stereocenters. The van der Waals surface area contributed by atoms with Gasteiger partial charge in [0.2, 0.25) is 0 Å². The molecule has 0 fully saturated rings. The highest BCUT2D eigenvalue weighted by atomic mass is 16.6. The van der Waals surface area contributed by atoms with E-state index in [1.807, 2.05) is 26.0 Å². The second-order valence-corrected chi connectivity index (χ2v) is 6.44. The topological polar surface area (TPSA) is 85.1 Å². The van der Waals surface area contributed by atoms with Crippen LogP contribution in [0.4, 0.5) is 5.69 Å². The molecule has 0 bridgehead atoms. The van der Waals surface area contributed by atoms with Gasteiger partial charge in [-0.15, -0.1) is 0 Å². The highest BCUT2D eigenvalue weighted by Crippen LogP contribution is 2.24. The third-order valence-electron chi connectivity index (χ3n) is 4.64. The van der Waals surface area contributed by atoms with Gasteiger partial charge in [-0.3, -0.25) is 19.9 Å². The van der Waals surface area contributed by atoms with Gasteiger partial charge < -0.3 is 5.32 Å². The van der Waals surface area contributed by atoms with Crippen LogP contribution in [0.1, 0.15) is 44.9 Å². The Kier molecular flexibility index (Phi) is 5.11. The number of aromatic nitrogens is 1. The minimum absolute atomic E-state index is 0.0202. The van der Waals surface area contributed by atoms with Crippen LogP contribution in [-0.4, -0.2) is 15.8 Å². The van der Waals surface area contributed by atoms with Gasteiger partial charge in [0.05, 0.1) is 4.92 Å². The summed E-state index contributed by atoms with van der Waals surface area (Å²) in [6.07, 6.45) is 5.97. The smallest absolute Gasteiger partial charge is 0.273 e. The van der Waals surface area contributed by atoms with Gasteiger partial charge in [-0.05, 0) is 56.4 Å². The Hall–Kier alpha value is -3.02. The molecule has 6 nitrogen and oxygen atoms in total. The van der Waals surface area contributed by atoms with Gasteiger partial charge in [-0.1, -0.05) is 18.2 Å². The second kappa shape index (κ2) is 7.47. The van der Waals surface area contributed by atoms with Crippen molar-refractivity contribution in [3.8, 4) is 0 Å². The molecule has 6 heteroatoms. The van der Waals surface area contributed by atoms with E-state index in [4.69, 9.17) is 0 Å². The SMILES string of the molecule is Cc1cc2c(c(C)n1)CNC(=O)c1cccc([N+](=O)[O-])c1C/C=C/CC2. The number of hydrogen-bond acceptors (Lipinski definition) is 4. The quantitative estimate of drug-likeness (QED) is 0.483. The molecule has 1 N–H and O–H groups in total. The number of carbonyl (C=O) groups excluding carboxylic acids is 1. The highest BCUT2D eigenvalue weighted by molar-refractivity contribution is 5.96. The number of allylic oxidation sites excluding steroid dienone is 2. The average molecular weight is 351 g/mol. The number of nitrogens with zero attached hydrogens (tertiary/aromatic N) is 2. The van der Waals surface area contributed by atoms with Crippen LogP contribution < -0.4 is 5.32 Å². The molecule has 1 aromatic heterocycles. The van der Waals surface area contributed by atoms with Crippen molar-refractivity contribution >= 4 is 11.6 Å². The van der Waals surface area contributed by atoms with Gasteiger partial charge in [0.1, 0.15) is 0 Å². The molecule has 0 aliphatic carbocycles. The predicted octanol–water partition coefficient (Wildman–Crippen LogP) is 3.58. The normalized spacial score (nSPS) is 15.7. The van der Waals surface area contributed by atoms with Gasteiger partial charge in [0.15, 0.2) is 0 Å². The Morgan fingerprint density at radius 2 is 2.00 bits per heavy atom. The van der Waals surface area contributed by atoms with Gasteiger partial charge in [-0.25, -0.2) is 0 Å². The summed E-state index contributed by atoms with van der Waals surface area (Å²) < 4.78 is 0. The van der Waals surface area contributed by atoms with Crippen LogP contribution >= 0.6 is 0 Å². The number of nitrogens with one attached hydrogen (secondary N) is 1. The van der Waals surface area contributed by atoms with Gasteiger partial charge in [-0.2, -0.15) is 0 Å². The maximum absolute atomic E-state index is 12.7. The molecule has 0 atom stereocenters. The molecule has 3 rings (SSSR count). The van der Waals surface area contributed by atoms with Crippen molar-refractivity contribution in [2.75, 3.05) is 0 Å². The van der Waals surface area contributed by atoms with Crippen molar-refractivity contribution in [3.05, 3.63) is 80.2 Å². The Morgan fingerprint density at radius 3 is 2.77 bits per heavy atom. The molecule has 0 radical (unpaired) electrons. The number of benzene rings is 1. The first-order chi connectivity index (χ1) is 12.5. The summed E-state index contributed by atoms with van der Waals surface area (Å²) in [6, 6.07) is 6.69. The number of pyridine rings is 1. The van der Waals surface area contributed by atoms with E-state index in [0.29, 0.717) is 24.1 Å². The van der Waals surface area contributed by atoms with Crippen molar-refractivity contribution in [1.29, 1.82) is 0 Å². The summed E-state index contributed by atoms with van der Waals surface area (Å²) in [5, 5.41) is 14.2. The maximum Gasteiger partial charge on any atom is 0.273 e. The third kappa shape index (κ3) is 3.64. The Bertz CT molecular complexity index is 903. The molecular weight excluding hydrogens is 330 g/mol. The van der Waals surface area contributed by atoms with Crippen molar-refractivity contribution in [2.45, 2.75) is 39.7 Å². The van der Waals surface area contributed by atoms with Crippen LogP contribution in [0.2, 0.25) is 0 Å². The molecule has 1 aliphatic rings. The lowest BCUT2D eigenvalue weighted by Crippen LogP contribution is -2.25. The number of aryl methyl sites for hydroxylation is 3. The summed E-state index contributed by atoms with van der Waals surface area (Å²) in [7, 11) is 0. The zero-order valence-electron chi connectivity index (χ0n) is 14.9. The third-order valence-corrected chi connectivity index (χ3v) is 4.64. The molecule has 1 amide bonds. The first-order valence-corrected chi connectivity index (χ1v) is 8.63. The summed E-state index contributed by atoms with van der Waals surface area (Å²) in [5.41, 5.74) is 4.85. The Labute approximate surface area is 152 Å². The van der Waals surface area contributed by atoms with Crippen molar-refractivity contribution in [3.63, 3.8) is 0 Å². The van der Waals surface area contributed by atoms with Crippen molar-refractivity contribution < 1.29 is 9.72 Å². The van der Waals surface area contributed by atoms with E-state index in [9.17, 15) is 14.9 Å². The fourth-order valence-corrected chi connectivity index (χ4v) is 3.40. The van der Waals surface area contributed by atoms with Crippen molar-refractivity contribution in [1.82, 2.24) is 10.3 Å². The average Bonchev–Trinajstić information content (AvgIpc) is 2.59. The summed E-state index contributed by atoms with van der Waals surface area (Å²) in [6.45, 7) is 4.27. The molecule has 26 heavy (non-hydrogen) atoms. The predicted molar refractivity (Wildman–Crippen MR) is 99.1 cm³/mol. The number of amides is 1. The molecule has 2 aromatic rings. The lowest BCUT2D eigenvalue weighted by atomic mass is 9.97. The Morgan fingerprint density at radius 1 is 1.19 bits per heavy atom. The maximum atomic E-state index is 12.7. The van der Waals surface area contributed by atoms with Crippen LogP contribution in [0.5, 0.6) is 0 Å². The molecular formula is C20H21N3O3. The lowest BCUT2D eigenvalue weighted by Gasteiger charge is -2.15. The molecule has 134 valence electrons. The van der Waals surface area contributed by atoms with Crippen LogP contribution in [-0.2, 0) is 19.4 Å². The van der Waals surface area contributed by atoms with Gasteiger partial charge in [0.25, 0.3) is 11.6 Å². The fraction of sp³-hybridized carbons (Fsp3) is 0.300. The minimum atomic E-state index is -0.433. The van der Waals surface area contributed by atoms with E-state index in [1.165, 1.54) is 11.6 Å². The summed E-state index contributed by atoms with van der Waals surface area (Å²) in [4.78, 5) is 28.1. The summed E-state index contributed by atoms with van der Waals surface area (Å²) in [5.74, 6) is -0.302. The lowest BCUT2D eigenvalue weighted by molar-refractivity contribution is -0.385. The second-order valence-electron chi connectivity index (χ2n) is 6.44. The van der Waals surface area contributed by atoms with E-state index >= 15 is 0 Å². The Balaban J connectivity index is 2.03. The summed E-state index contributed by atoms with van der Waals surface area (Å²) >= 11 is 0. The largest absolute Gasteiger partial charge is 0.348 e. The number of fused-ring (bicyclic) bond motifs is 2. The van der Waals surface area contributed by atoms with Crippen LogP contribution in [0.15, 0.2) is 36.4 Å². The standard InChI is InChI=1S/C20H21N3O3/c1-13-11-15-7-4-3-5-8-16-17(9-6-10-19(16)23(25)26)20(24)21-12-18(15)14(2)22-13/h3,5-6,9-11H,4,7-8,12H2,1-2H3,(H,21,24)/b5-3+. The first kappa shape index (κ1) is 17.8. The van der Waals surface area contributed by atoms with Gasteiger partial charge >= 0.3 is 0 Å². The molecule has 0 saturated heterocycles. The number of hydrogen-bond donors (Lipinski definition) is 1. The number of nitro groups is 1. The molecule has 0 spiro atoms. The van der Waals surface area contributed by atoms with E-state index in [1.54, 1.807) is 12.1 Å². The monoisotopic (exact) mass is 351 g/mol. The number of rotatable bonds is 1. The first-order valence-electron chi connectivity index (χ1n) is 8.63. The van der Waals surface area contributed by atoms with E-state index in [0.717, 1.165) is 29.8 Å². The van der Waals surface area contributed by atoms with Crippen LogP contribution in [0.25, 0.3) is 0 Å².